The molecule has 1 N–H and O–H groups in total. The number of phenolic OH excluding ortho intramolecular Hbond substituents is 1. The van der Waals surface area contributed by atoms with Gasteiger partial charge in [0, 0.05) is 38.1 Å². The van der Waals surface area contributed by atoms with Crippen LogP contribution in [0.15, 0.2) is 48.5 Å². The molecule has 0 aromatic heterocycles. The van der Waals surface area contributed by atoms with Gasteiger partial charge in [-0.05, 0) is 35.9 Å². The zero-order chi connectivity index (χ0) is 15.1. The fourth-order valence-corrected chi connectivity index (χ4v) is 3.93. The maximum atomic E-state index is 9.55. The van der Waals surface area contributed by atoms with E-state index in [1.54, 1.807) is 12.1 Å². The molecule has 4 rings (SSSR count). The second kappa shape index (κ2) is 7.75. The first kappa shape index (κ1) is 19.1. The molecule has 130 valence electrons. The third-order valence-corrected chi connectivity index (χ3v) is 5.14. The molecule has 1 fully saturated rings. The summed E-state index contributed by atoms with van der Waals surface area (Å²) in [6, 6.07) is 17.1. The van der Waals surface area contributed by atoms with E-state index in [0.717, 1.165) is 26.2 Å². The lowest BCUT2D eigenvalue weighted by Gasteiger charge is -2.46. The summed E-state index contributed by atoms with van der Waals surface area (Å²) in [5.41, 5.74) is 4.21. The van der Waals surface area contributed by atoms with Crippen molar-refractivity contribution in [1.29, 1.82) is 0 Å². The lowest BCUT2D eigenvalue weighted by Crippen LogP contribution is -2.50. The van der Waals surface area contributed by atoms with Crippen molar-refractivity contribution >= 4 is 24.8 Å². The summed E-state index contributed by atoms with van der Waals surface area (Å²) >= 11 is 0. The lowest BCUT2D eigenvalue weighted by molar-refractivity contribution is 0.0772. The number of hydrogen-bond donors (Lipinski definition) is 1. The highest BCUT2D eigenvalue weighted by atomic mass is 35.5. The normalized spacial score (nSPS) is 23.4. The summed E-state index contributed by atoms with van der Waals surface area (Å²) in [6.45, 7) is 4.45. The first-order valence-corrected chi connectivity index (χ1v) is 8.03. The van der Waals surface area contributed by atoms with Crippen LogP contribution in [0.1, 0.15) is 28.7 Å². The molecule has 2 aromatic carbocycles. The molecule has 3 nitrogen and oxygen atoms in total. The summed E-state index contributed by atoms with van der Waals surface area (Å²) in [6.07, 6.45) is 0. The molecule has 2 atom stereocenters. The van der Waals surface area contributed by atoms with E-state index in [4.69, 9.17) is 0 Å². The summed E-state index contributed by atoms with van der Waals surface area (Å²) in [7, 11) is 2.21. The van der Waals surface area contributed by atoms with Crippen LogP contribution in [-0.4, -0.2) is 48.1 Å². The van der Waals surface area contributed by atoms with Crippen LogP contribution in [0.25, 0.3) is 0 Å². The van der Waals surface area contributed by atoms with Gasteiger partial charge in [-0.2, -0.15) is 0 Å². The SMILES string of the molecule is CN1CCN2C[C@H](c3ccc(O)cc3)c3ccccc3[C@H]2C1.Cl.Cl. The molecule has 2 aromatic rings. The van der Waals surface area contributed by atoms with Gasteiger partial charge in [0.25, 0.3) is 0 Å². The highest BCUT2D eigenvalue weighted by Gasteiger charge is 2.36. The molecule has 24 heavy (non-hydrogen) atoms. The molecule has 0 bridgehead atoms. The molecular weight excluding hydrogens is 343 g/mol. The van der Waals surface area contributed by atoms with Gasteiger partial charge in [-0.15, -0.1) is 24.8 Å². The van der Waals surface area contributed by atoms with Gasteiger partial charge in [-0.25, -0.2) is 0 Å². The van der Waals surface area contributed by atoms with Crippen LogP contribution in [0.2, 0.25) is 0 Å². The van der Waals surface area contributed by atoms with Gasteiger partial charge >= 0.3 is 0 Å². The Balaban J connectivity index is 0.00000104. The van der Waals surface area contributed by atoms with E-state index in [9.17, 15) is 5.11 Å². The van der Waals surface area contributed by atoms with Gasteiger partial charge in [-0.3, -0.25) is 4.90 Å². The number of likely N-dealkylation sites (N-methyl/N-ethyl adjacent to an activating group) is 1. The van der Waals surface area contributed by atoms with E-state index in [1.807, 2.05) is 0 Å². The molecule has 0 radical (unpaired) electrons. The first-order valence-electron chi connectivity index (χ1n) is 8.03. The molecule has 1 saturated heterocycles. The van der Waals surface area contributed by atoms with E-state index in [2.05, 4.69) is 53.2 Å². The van der Waals surface area contributed by atoms with Gasteiger partial charge in [0.05, 0.1) is 0 Å². The van der Waals surface area contributed by atoms with Crippen molar-refractivity contribution in [2.75, 3.05) is 33.2 Å². The molecule has 5 heteroatoms. The average molecular weight is 367 g/mol. The highest BCUT2D eigenvalue weighted by Crippen LogP contribution is 2.40. The van der Waals surface area contributed by atoms with Gasteiger partial charge in [-0.1, -0.05) is 36.4 Å². The van der Waals surface area contributed by atoms with Gasteiger partial charge in [0.1, 0.15) is 5.75 Å². The number of rotatable bonds is 1. The summed E-state index contributed by atoms with van der Waals surface area (Å²) in [5, 5.41) is 9.55. The van der Waals surface area contributed by atoms with Gasteiger partial charge in [0.2, 0.25) is 0 Å². The number of aromatic hydroxyl groups is 1. The third-order valence-electron chi connectivity index (χ3n) is 5.14. The van der Waals surface area contributed by atoms with E-state index in [-0.39, 0.29) is 24.8 Å². The Hall–Kier alpha value is -1.26. The maximum absolute atomic E-state index is 9.55. The van der Waals surface area contributed by atoms with E-state index in [0.29, 0.717) is 17.7 Å². The Morgan fingerprint density at radius 1 is 0.875 bits per heavy atom. The van der Waals surface area contributed by atoms with Crippen molar-refractivity contribution in [1.82, 2.24) is 9.80 Å². The summed E-state index contributed by atoms with van der Waals surface area (Å²) in [4.78, 5) is 5.05. The maximum Gasteiger partial charge on any atom is 0.115 e. The van der Waals surface area contributed by atoms with E-state index in [1.165, 1.54) is 16.7 Å². The van der Waals surface area contributed by atoms with Crippen molar-refractivity contribution < 1.29 is 5.11 Å². The predicted molar refractivity (Wildman–Crippen MR) is 103 cm³/mol. The number of fused-ring (bicyclic) bond motifs is 3. The zero-order valence-electron chi connectivity index (χ0n) is 13.8. The molecule has 2 aliphatic rings. The van der Waals surface area contributed by atoms with Crippen molar-refractivity contribution in [2.24, 2.45) is 0 Å². The monoisotopic (exact) mass is 366 g/mol. The quantitative estimate of drug-likeness (QED) is 0.833. The second-order valence-corrected chi connectivity index (χ2v) is 6.55. The van der Waals surface area contributed by atoms with Crippen LogP contribution in [0.4, 0.5) is 0 Å². The smallest absolute Gasteiger partial charge is 0.115 e. The topological polar surface area (TPSA) is 26.7 Å². The molecule has 0 aliphatic carbocycles. The number of halogens is 2. The molecule has 0 unspecified atom stereocenters. The van der Waals surface area contributed by atoms with Crippen LogP contribution in [0.5, 0.6) is 5.75 Å². The Kier molecular flexibility index (Phi) is 6.16. The average Bonchev–Trinajstić information content (AvgIpc) is 2.55. The fourth-order valence-electron chi connectivity index (χ4n) is 3.93. The fraction of sp³-hybridized carbons (Fsp3) is 0.368. The van der Waals surface area contributed by atoms with Crippen molar-refractivity contribution in [2.45, 2.75) is 12.0 Å². The highest BCUT2D eigenvalue weighted by molar-refractivity contribution is 5.85. The minimum Gasteiger partial charge on any atom is -0.508 e. The summed E-state index contributed by atoms with van der Waals surface area (Å²) < 4.78 is 0. The Morgan fingerprint density at radius 2 is 1.54 bits per heavy atom. The number of piperazine rings is 1. The van der Waals surface area contributed by atoms with Gasteiger partial charge in [0.15, 0.2) is 0 Å². The minimum atomic E-state index is 0. The lowest BCUT2D eigenvalue weighted by atomic mass is 9.80. The summed E-state index contributed by atoms with van der Waals surface area (Å²) in [5.74, 6) is 0.738. The molecule has 0 saturated carbocycles. The van der Waals surface area contributed by atoms with Crippen molar-refractivity contribution in [3.05, 3.63) is 65.2 Å². The number of benzene rings is 2. The minimum absolute atomic E-state index is 0. The zero-order valence-corrected chi connectivity index (χ0v) is 15.4. The van der Waals surface area contributed by atoms with E-state index >= 15 is 0 Å². The molecule has 0 amide bonds. The Labute approximate surface area is 156 Å². The largest absolute Gasteiger partial charge is 0.508 e. The van der Waals surface area contributed by atoms with Crippen molar-refractivity contribution in [3.8, 4) is 5.75 Å². The van der Waals surface area contributed by atoms with Crippen LogP contribution in [-0.2, 0) is 0 Å². The molecule has 0 spiro atoms. The Morgan fingerprint density at radius 3 is 2.25 bits per heavy atom. The van der Waals surface area contributed by atoms with Gasteiger partial charge < -0.3 is 10.0 Å². The second-order valence-electron chi connectivity index (χ2n) is 6.55. The van der Waals surface area contributed by atoms with Crippen LogP contribution in [0.3, 0.4) is 0 Å². The molecule has 2 aliphatic heterocycles. The predicted octanol–water partition coefficient (Wildman–Crippen LogP) is 3.67. The molecular formula is C19H24Cl2N2O. The first-order chi connectivity index (χ1) is 10.7. The number of nitrogens with zero attached hydrogens (tertiary/aromatic N) is 2. The van der Waals surface area contributed by atoms with Crippen molar-refractivity contribution in [3.63, 3.8) is 0 Å². The Bertz CT molecular complexity index is 677. The standard InChI is InChI=1S/C19H22N2O.2ClH/c1-20-10-11-21-12-18(14-6-8-15(22)9-7-14)16-4-2-3-5-17(16)19(21)13-20;;/h2-9,18-19,22H,10-13H2,1H3;2*1H/t18-,19-;;/m1../s1. The number of phenols is 1. The molecule has 2 heterocycles. The van der Waals surface area contributed by atoms with Crippen LogP contribution in [0, 0.1) is 0 Å². The van der Waals surface area contributed by atoms with E-state index < -0.39 is 0 Å². The number of hydrogen-bond acceptors (Lipinski definition) is 3. The third kappa shape index (κ3) is 3.40. The van der Waals surface area contributed by atoms with Crippen LogP contribution < -0.4 is 0 Å². The van der Waals surface area contributed by atoms with Crippen LogP contribution >= 0.6 is 24.8 Å².